The minimum atomic E-state index is -0.0989. The molecule has 0 amide bonds. The van der Waals surface area contributed by atoms with Crippen LogP contribution in [0.4, 0.5) is 0 Å². The Labute approximate surface area is 121 Å². The smallest absolute Gasteiger partial charge is 0.119 e. The molecule has 2 aromatic rings. The predicted molar refractivity (Wildman–Crippen MR) is 80.8 cm³/mol. The minimum absolute atomic E-state index is 0.0989. The van der Waals surface area contributed by atoms with Gasteiger partial charge in [0, 0.05) is 21.1 Å². The molecule has 0 bridgehead atoms. The summed E-state index contributed by atoms with van der Waals surface area (Å²) in [7, 11) is 1.67. The molecule has 0 aliphatic rings. The van der Waals surface area contributed by atoms with Crippen molar-refractivity contribution >= 4 is 23.1 Å². The molecule has 2 nitrogen and oxygen atoms in total. The van der Waals surface area contributed by atoms with E-state index in [2.05, 4.69) is 17.9 Å². The van der Waals surface area contributed by atoms with E-state index < -0.39 is 0 Å². The number of aliphatic hydroxyl groups excluding tert-OH is 1. The van der Waals surface area contributed by atoms with Gasteiger partial charge in [0.25, 0.3) is 0 Å². The van der Waals surface area contributed by atoms with Crippen LogP contribution >= 0.6 is 23.1 Å². The molecule has 1 N–H and O–H groups in total. The molecule has 0 saturated heterocycles. The van der Waals surface area contributed by atoms with Gasteiger partial charge < -0.3 is 9.84 Å². The molecule has 0 spiro atoms. The maximum Gasteiger partial charge on any atom is 0.119 e. The van der Waals surface area contributed by atoms with E-state index in [-0.39, 0.29) is 6.61 Å². The fraction of sp³-hybridized carbons (Fsp3) is 0.200. The largest absolute Gasteiger partial charge is 0.497 e. The summed E-state index contributed by atoms with van der Waals surface area (Å²) in [6.07, 6.45) is 0. The fourth-order valence-electron chi connectivity index (χ4n) is 1.54. The van der Waals surface area contributed by atoms with Crippen molar-refractivity contribution in [2.24, 2.45) is 0 Å². The van der Waals surface area contributed by atoms with Crippen molar-refractivity contribution in [3.05, 3.63) is 46.2 Å². The third-order valence-electron chi connectivity index (χ3n) is 2.46. The molecule has 0 fully saturated rings. The van der Waals surface area contributed by atoms with Crippen molar-refractivity contribution in [3.63, 3.8) is 0 Å². The molecule has 0 aliphatic carbocycles. The first-order valence-corrected chi connectivity index (χ1v) is 7.63. The normalized spacial score (nSPS) is 9.79. The minimum Gasteiger partial charge on any atom is -0.497 e. The molecule has 1 heterocycles. The van der Waals surface area contributed by atoms with Gasteiger partial charge in [0.15, 0.2) is 0 Å². The zero-order valence-electron chi connectivity index (χ0n) is 10.6. The van der Waals surface area contributed by atoms with Gasteiger partial charge in [-0.05, 0) is 29.6 Å². The Kier molecular flexibility index (Phi) is 5.34. The molecule has 2 rings (SSSR count). The van der Waals surface area contributed by atoms with Crippen LogP contribution < -0.4 is 4.74 Å². The summed E-state index contributed by atoms with van der Waals surface area (Å²) in [6, 6.07) is 10.0. The average molecular weight is 290 g/mol. The van der Waals surface area contributed by atoms with E-state index in [0.29, 0.717) is 0 Å². The summed E-state index contributed by atoms with van der Waals surface area (Å²) in [4.78, 5) is 2.41. The Hall–Kier alpha value is -1.41. The van der Waals surface area contributed by atoms with Crippen LogP contribution in [0.1, 0.15) is 10.4 Å². The summed E-state index contributed by atoms with van der Waals surface area (Å²) < 4.78 is 5.21. The number of hydrogen-bond donors (Lipinski definition) is 1. The van der Waals surface area contributed by atoms with E-state index in [1.807, 2.05) is 29.6 Å². The second-order valence-corrected chi connectivity index (χ2v) is 5.73. The van der Waals surface area contributed by atoms with Crippen LogP contribution in [0.5, 0.6) is 5.75 Å². The van der Waals surface area contributed by atoms with E-state index in [1.54, 1.807) is 30.2 Å². The third kappa shape index (κ3) is 4.03. The van der Waals surface area contributed by atoms with E-state index in [0.717, 1.165) is 17.1 Å². The molecule has 1 aromatic carbocycles. The molecule has 98 valence electrons. The lowest BCUT2D eigenvalue weighted by Crippen LogP contribution is -1.84. The van der Waals surface area contributed by atoms with E-state index in [4.69, 9.17) is 9.84 Å². The first kappa shape index (κ1) is 14.0. The van der Waals surface area contributed by atoms with Crippen molar-refractivity contribution in [2.45, 2.75) is 10.6 Å². The Morgan fingerprint density at radius 3 is 3.05 bits per heavy atom. The van der Waals surface area contributed by atoms with Crippen LogP contribution in [-0.2, 0) is 5.75 Å². The van der Waals surface area contributed by atoms with Crippen LogP contribution in [-0.4, -0.2) is 18.8 Å². The topological polar surface area (TPSA) is 29.5 Å². The van der Waals surface area contributed by atoms with Crippen molar-refractivity contribution in [1.29, 1.82) is 0 Å². The fourth-order valence-corrected chi connectivity index (χ4v) is 3.43. The standard InChI is InChI=1S/C15H14O2S2/c1-17-13-5-2-6-14(10-13)19-11-15-12(4-3-8-16)7-9-18-15/h2,5-7,9-10,16H,8,11H2,1H3. The van der Waals surface area contributed by atoms with Gasteiger partial charge in [-0.15, -0.1) is 23.1 Å². The summed E-state index contributed by atoms with van der Waals surface area (Å²) in [5.41, 5.74) is 1.01. The molecule has 4 heteroatoms. The van der Waals surface area contributed by atoms with Crippen LogP contribution in [0, 0.1) is 11.8 Å². The van der Waals surface area contributed by atoms with Crippen molar-refractivity contribution in [3.8, 4) is 17.6 Å². The zero-order chi connectivity index (χ0) is 13.5. The van der Waals surface area contributed by atoms with Gasteiger partial charge >= 0.3 is 0 Å². The lowest BCUT2D eigenvalue weighted by atomic mass is 10.3. The molecule has 0 aliphatic heterocycles. The van der Waals surface area contributed by atoms with Crippen LogP contribution in [0.15, 0.2) is 40.6 Å². The Morgan fingerprint density at radius 2 is 2.26 bits per heavy atom. The molecule has 1 aromatic heterocycles. The highest BCUT2D eigenvalue weighted by atomic mass is 32.2. The number of thiophene rings is 1. The number of benzene rings is 1. The van der Waals surface area contributed by atoms with Crippen LogP contribution in [0.3, 0.4) is 0 Å². The average Bonchev–Trinajstić information content (AvgIpc) is 2.90. The molecule has 0 atom stereocenters. The number of rotatable bonds is 4. The number of methoxy groups -OCH3 is 1. The summed E-state index contributed by atoms with van der Waals surface area (Å²) >= 11 is 3.45. The maximum absolute atomic E-state index is 8.73. The number of thioether (sulfide) groups is 1. The molecule has 0 radical (unpaired) electrons. The predicted octanol–water partition coefficient (Wildman–Crippen LogP) is 3.39. The Balaban J connectivity index is 2.04. The molecule has 0 unspecified atom stereocenters. The number of ether oxygens (including phenoxy) is 1. The third-order valence-corrected chi connectivity index (χ3v) is 4.58. The first-order chi connectivity index (χ1) is 9.33. The number of hydrogen-bond acceptors (Lipinski definition) is 4. The van der Waals surface area contributed by atoms with Gasteiger partial charge in [-0.25, -0.2) is 0 Å². The van der Waals surface area contributed by atoms with Crippen molar-refractivity contribution in [2.75, 3.05) is 13.7 Å². The van der Waals surface area contributed by atoms with Crippen LogP contribution in [0.25, 0.3) is 0 Å². The van der Waals surface area contributed by atoms with E-state index in [1.165, 1.54) is 9.77 Å². The lowest BCUT2D eigenvalue weighted by Gasteiger charge is -2.03. The lowest BCUT2D eigenvalue weighted by molar-refractivity contribution is 0.350. The molecule has 0 saturated carbocycles. The van der Waals surface area contributed by atoms with Gasteiger partial charge in [-0.1, -0.05) is 17.9 Å². The quantitative estimate of drug-likeness (QED) is 0.691. The molecule has 19 heavy (non-hydrogen) atoms. The zero-order valence-corrected chi connectivity index (χ0v) is 12.2. The highest BCUT2D eigenvalue weighted by Crippen LogP contribution is 2.29. The summed E-state index contributed by atoms with van der Waals surface area (Å²) in [5, 5.41) is 10.8. The highest BCUT2D eigenvalue weighted by Gasteiger charge is 2.03. The van der Waals surface area contributed by atoms with Gasteiger partial charge in [-0.3, -0.25) is 0 Å². The number of aliphatic hydroxyl groups is 1. The Morgan fingerprint density at radius 1 is 1.37 bits per heavy atom. The van der Waals surface area contributed by atoms with Crippen molar-refractivity contribution < 1.29 is 9.84 Å². The summed E-state index contributed by atoms with van der Waals surface area (Å²) in [6.45, 7) is -0.0989. The molecular weight excluding hydrogens is 276 g/mol. The van der Waals surface area contributed by atoms with Gasteiger partial charge in [-0.2, -0.15) is 0 Å². The van der Waals surface area contributed by atoms with E-state index in [9.17, 15) is 0 Å². The van der Waals surface area contributed by atoms with Gasteiger partial charge in [0.1, 0.15) is 12.4 Å². The van der Waals surface area contributed by atoms with Crippen LogP contribution in [0.2, 0.25) is 0 Å². The molecular formula is C15H14O2S2. The van der Waals surface area contributed by atoms with E-state index >= 15 is 0 Å². The highest BCUT2D eigenvalue weighted by molar-refractivity contribution is 7.98. The second-order valence-electron chi connectivity index (χ2n) is 3.69. The van der Waals surface area contributed by atoms with Gasteiger partial charge in [0.05, 0.1) is 7.11 Å². The second kappa shape index (κ2) is 7.25. The SMILES string of the molecule is COc1cccc(SCc2sccc2C#CCO)c1. The van der Waals surface area contributed by atoms with Crippen molar-refractivity contribution in [1.82, 2.24) is 0 Å². The monoisotopic (exact) mass is 290 g/mol. The Bertz CT molecular complexity index is 593. The maximum atomic E-state index is 8.73. The first-order valence-electron chi connectivity index (χ1n) is 5.76. The van der Waals surface area contributed by atoms with Gasteiger partial charge in [0.2, 0.25) is 0 Å². The summed E-state index contributed by atoms with van der Waals surface area (Å²) in [5.74, 6) is 7.41.